The zero-order valence-corrected chi connectivity index (χ0v) is 12.6. The number of aromatic amines is 1. The van der Waals surface area contributed by atoms with Crippen LogP contribution < -0.4 is 10.7 Å². The number of carbonyl (C=O) groups excluding carboxylic acids is 1. The van der Waals surface area contributed by atoms with Crippen LogP contribution in [0.25, 0.3) is 6.08 Å². The second-order valence-corrected chi connectivity index (χ2v) is 5.49. The van der Waals surface area contributed by atoms with Crippen LogP contribution >= 0.6 is 0 Å². The van der Waals surface area contributed by atoms with E-state index in [-0.39, 0.29) is 5.91 Å². The summed E-state index contributed by atoms with van der Waals surface area (Å²) >= 11 is 0. The molecule has 1 aliphatic rings. The van der Waals surface area contributed by atoms with Crippen molar-refractivity contribution in [2.45, 2.75) is 19.8 Å². The predicted molar refractivity (Wildman–Crippen MR) is 88.5 cm³/mol. The first-order valence-electron chi connectivity index (χ1n) is 7.24. The van der Waals surface area contributed by atoms with Gasteiger partial charge < -0.3 is 10.3 Å². The summed E-state index contributed by atoms with van der Waals surface area (Å²) in [7, 11) is 0. The van der Waals surface area contributed by atoms with Crippen LogP contribution in [0.5, 0.6) is 0 Å². The van der Waals surface area contributed by atoms with Crippen molar-refractivity contribution in [3.05, 3.63) is 59.4 Å². The smallest absolute Gasteiger partial charge is 0.275 e. The van der Waals surface area contributed by atoms with E-state index in [1.807, 2.05) is 30.5 Å². The van der Waals surface area contributed by atoms with Crippen molar-refractivity contribution in [1.82, 2.24) is 10.4 Å². The van der Waals surface area contributed by atoms with Crippen LogP contribution in [0.15, 0.2) is 53.3 Å². The lowest BCUT2D eigenvalue weighted by atomic mass is 10.0. The van der Waals surface area contributed by atoms with Crippen molar-refractivity contribution in [3.63, 3.8) is 0 Å². The molecule has 3 N–H and O–H groups in total. The van der Waals surface area contributed by atoms with Crippen LogP contribution in [0.4, 0.5) is 5.69 Å². The average molecular weight is 294 g/mol. The SMILES string of the molecule is CC(C)c1ccc(NC2=NNC(=O)C2=Cc2ccc[nH]2)cc1. The first-order valence-corrected chi connectivity index (χ1v) is 7.24. The molecule has 0 spiro atoms. The van der Waals surface area contributed by atoms with Crippen LogP contribution in [0.1, 0.15) is 31.0 Å². The molecule has 1 aliphatic heterocycles. The molecule has 5 heteroatoms. The summed E-state index contributed by atoms with van der Waals surface area (Å²) in [6, 6.07) is 11.9. The maximum absolute atomic E-state index is 11.9. The number of aromatic nitrogens is 1. The molecule has 0 aliphatic carbocycles. The summed E-state index contributed by atoms with van der Waals surface area (Å²) in [4.78, 5) is 14.9. The fourth-order valence-electron chi connectivity index (χ4n) is 2.24. The van der Waals surface area contributed by atoms with Crippen LogP contribution in [-0.2, 0) is 4.79 Å². The predicted octanol–water partition coefficient (Wildman–Crippen LogP) is 3.08. The van der Waals surface area contributed by atoms with E-state index in [9.17, 15) is 4.79 Å². The number of amidine groups is 1. The highest BCUT2D eigenvalue weighted by Gasteiger charge is 2.22. The molecule has 0 saturated heterocycles. The van der Waals surface area contributed by atoms with Gasteiger partial charge in [-0.3, -0.25) is 4.79 Å². The highest BCUT2D eigenvalue weighted by atomic mass is 16.2. The van der Waals surface area contributed by atoms with Gasteiger partial charge in [-0.2, -0.15) is 5.10 Å². The van der Waals surface area contributed by atoms with Crippen molar-refractivity contribution in [1.29, 1.82) is 0 Å². The van der Waals surface area contributed by atoms with Gasteiger partial charge in [-0.15, -0.1) is 0 Å². The van der Waals surface area contributed by atoms with Crippen molar-refractivity contribution in [2.24, 2.45) is 5.10 Å². The van der Waals surface area contributed by atoms with Gasteiger partial charge in [-0.1, -0.05) is 26.0 Å². The van der Waals surface area contributed by atoms with Crippen LogP contribution in [-0.4, -0.2) is 16.7 Å². The molecule has 0 saturated carbocycles. The summed E-state index contributed by atoms with van der Waals surface area (Å²) < 4.78 is 0. The van der Waals surface area contributed by atoms with Crippen LogP contribution in [0, 0.1) is 0 Å². The number of anilines is 1. The number of hydrazone groups is 1. The summed E-state index contributed by atoms with van der Waals surface area (Å²) in [5.41, 5.74) is 6.03. The molecule has 112 valence electrons. The third-order valence-corrected chi connectivity index (χ3v) is 3.53. The minimum Gasteiger partial charge on any atom is -0.362 e. The average Bonchev–Trinajstić information content (AvgIpc) is 3.13. The van der Waals surface area contributed by atoms with E-state index >= 15 is 0 Å². The Bertz CT molecular complexity index is 725. The quantitative estimate of drug-likeness (QED) is 0.761. The van der Waals surface area contributed by atoms with Gasteiger partial charge in [-0.05, 0) is 41.8 Å². The standard InChI is InChI=1S/C17H18N4O/c1-11(2)12-5-7-13(8-6-12)19-16-15(17(22)21-20-16)10-14-4-3-9-18-14/h3-11,18H,1-2H3,(H,19,20)(H,21,22). The molecule has 0 bridgehead atoms. The number of nitrogens with zero attached hydrogens (tertiary/aromatic N) is 1. The number of nitrogens with one attached hydrogen (secondary N) is 3. The topological polar surface area (TPSA) is 69.3 Å². The first-order chi connectivity index (χ1) is 10.6. The molecular weight excluding hydrogens is 276 g/mol. The molecule has 1 amide bonds. The Kier molecular flexibility index (Phi) is 3.78. The molecule has 3 rings (SSSR count). The number of amides is 1. The molecule has 2 aromatic rings. The Labute approximate surface area is 129 Å². The van der Waals surface area contributed by atoms with Crippen molar-refractivity contribution < 1.29 is 4.79 Å². The number of carbonyl (C=O) groups is 1. The van der Waals surface area contributed by atoms with Crippen molar-refractivity contribution in [2.75, 3.05) is 5.32 Å². The van der Waals surface area contributed by atoms with Crippen molar-refractivity contribution in [3.8, 4) is 0 Å². The van der Waals surface area contributed by atoms with Crippen LogP contribution in [0.2, 0.25) is 0 Å². The van der Waals surface area contributed by atoms with E-state index < -0.39 is 0 Å². The van der Waals surface area contributed by atoms with Gasteiger partial charge >= 0.3 is 0 Å². The Hall–Kier alpha value is -2.82. The molecule has 2 heterocycles. The van der Waals surface area contributed by atoms with E-state index in [2.05, 4.69) is 46.8 Å². The Balaban J connectivity index is 1.80. The summed E-state index contributed by atoms with van der Waals surface area (Å²) in [5, 5.41) is 7.24. The largest absolute Gasteiger partial charge is 0.362 e. The summed E-state index contributed by atoms with van der Waals surface area (Å²) in [6.45, 7) is 4.31. The van der Waals surface area contributed by atoms with Gasteiger partial charge in [-0.25, -0.2) is 5.43 Å². The fraction of sp³-hybridized carbons (Fsp3) is 0.176. The van der Waals surface area contributed by atoms with Crippen LogP contribution in [0.3, 0.4) is 0 Å². The van der Waals surface area contributed by atoms with Gasteiger partial charge in [0.15, 0.2) is 5.84 Å². The zero-order chi connectivity index (χ0) is 15.5. The van der Waals surface area contributed by atoms with E-state index in [1.54, 1.807) is 6.08 Å². The monoisotopic (exact) mass is 294 g/mol. The van der Waals surface area contributed by atoms with E-state index in [0.29, 0.717) is 17.3 Å². The number of rotatable bonds is 3. The number of H-pyrrole nitrogens is 1. The lowest BCUT2D eigenvalue weighted by molar-refractivity contribution is -0.116. The maximum atomic E-state index is 11.9. The number of hydrogen-bond acceptors (Lipinski definition) is 3. The second kappa shape index (κ2) is 5.89. The second-order valence-electron chi connectivity index (χ2n) is 5.49. The Morgan fingerprint density at radius 3 is 2.59 bits per heavy atom. The highest BCUT2D eigenvalue weighted by molar-refractivity contribution is 6.30. The lowest BCUT2D eigenvalue weighted by Crippen LogP contribution is -2.17. The molecule has 5 nitrogen and oxygen atoms in total. The third-order valence-electron chi connectivity index (χ3n) is 3.53. The van der Waals surface area contributed by atoms with Gasteiger partial charge in [0.1, 0.15) is 0 Å². The molecule has 1 aromatic carbocycles. The van der Waals surface area contributed by atoms with Gasteiger partial charge in [0.2, 0.25) is 0 Å². The molecular formula is C17H18N4O. The molecule has 22 heavy (non-hydrogen) atoms. The number of hydrogen-bond donors (Lipinski definition) is 3. The highest BCUT2D eigenvalue weighted by Crippen LogP contribution is 2.19. The minimum atomic E-state index is -0.212. The zero-order valence-electron chi connectivity index (χ0n) is 12.6. The maximum Gasteiger partial charge on any atom is 0.275 e. The first kappa shape index (κ1) is 14.1. The van der Waals surface area contributed by atoms with E-state index in [4.69, 9.17) is 0 Å². The lowest BCUT2D eigenvalue weighted by Gasteiger charge is -2.09. The third kappa shape index (κ3) is 2.93. The molecule has 0 fully saturated rings. The fourth-order valence-corrected chi connectivity index (χ4v) is 2.24. The minimum absolute atomic E-state index is 0.212. The summed E-state index contributed by atoms with van der Waals surface area (Å²) in [6.07, 6.45) is 3.59. The Morgan fingerprint density at radius 2 is 1.95 bits per heavy atom. The van der Waals surface area contributed by atoms with E-state index in [0.717, 1.165) is 11.4 Å². The molecule has 1 aromatic heterocycles. The normalized spacial score (nSPS) is 16.0. The van der Waals surface area contributed by atoms with Crippen molar-refractivity contribution >= 4 is 23.5 Å². The van der Waals surface area contributed by atoms with Gasteiger partial charge in [0, 0.05) is 17.6 Å². The molecule has 0 radical (unpaired) electrons. The molecule has 0 atom stereocenters. The number of benzene rings is 1. The van der Waals surface area contributed by atoms with Gasteiger partial charge in [0.05, 0.1) is 5.57 Å². The molecule has 0 unspecified atom stereocenters. The van der Waals surface area contributed by atoms with Gasteiger partial charge in [0.25, 0.3) is 5.91 Å². The summed E-state index contributed by atoms with van der Waals surface area (Å²) in [5.74, 6) is 0.803. The Morgan fingerprint density at radius 1 is 1.18 bits per heavy atom. The van der Waals surface area contributed by atoms with E-state index in [1.165, 1.54) is 5.56 Å².